The number of amides is 1. The van der Waals surface area contributed by atoms with E-state index in [1.54, 1.807) is 22.7 Å². The predicted octanol–water partition coefficient (Wildman–Crippen LogP) is 3.52. The Kier molecular flexibility index (Phi) is 4.67. The van der Waals surface area contributed by atoms with Crippen molar-refractivity contribution in [1.82, 2.24) is 14.9 Å². The fourth-order valence-corrected chi connectivity index (χ4v) is 5.60. The first-order valence-corrected chi connectivity index (χ1v) is 10.5. The first kappa shape index (κ1) is 17.4. The second-order valence-electron chi connectivity index (χ2n) is 7.01. The number of carbonyl (C=O) groups excluding carboxylic acids is 1. The van der Waals surface area contributed by atoms with E-state index in [1.165, 1.54) is 15.8 Å². The molecule has 7 heteroatoms. The molecule has 0 radical (unpaired) electrons. The minimum Gasteiger partial charge on any atom is -0.347 e. The third kappa shape index (κ3) is 3.21. The van der Waals surface area contributed by atoms with E-state index in [-0.39, 0.29) is 24.1 Å². The van der Waals surface area contributed by atoms with Gasteiger partial charge >= 0.3 is 0 Å². The minimum absolute atomic E-state index is 0.00148. The van der Waals surface area contributed by atoms with Gasteiger partial charge in [0.05, 0.1) is 17.8 Å². The summed E-state index contributed by atoms with van der Waals surface area (Å²) >= 11 is 3.24. The molecule has 0 bridgehead atoms. The zero-order valence-corrected chi connectivity index (χ0v) is 16.5. The predicted molar refractivity (Wildman–Crippen MR) is 106 cm³/mol. The van der Waals surface area contributed by atoms with Gasteiger partial charge in [0.25, 0.3) is 5.56 Å². The molecule has 0 fully saturated rings. The topological polar surface area (TPSA) is 64.0 Å². The Morgan fingerprint density at radius 3 is 3.12 bits per heavy atom. The van der Waals surface area contributed by atoms with Gasteiger partial charge in [-0.15, -0.1) is 22.7 Å². The third-order valence-electron chi connectivity index (χ3n) is 4.94. The van der Waals surface area contributed by atoms with Gasteiger partial charge in [-0.3, -0.25) is 14.2 Å². The van der Waals surface area contributed by atoms with Gasteiger partial charge in [-0.1, -0.05) is 13.0 Å². The molecule has 1 N–H and O–H groups in total. The number of carbonyl (C=O) groups is 1. The van der Waals surface area contributed by atoms with Crippen LogP contribution in [0.3, 0.4) is 0 Å². The number of hydrogen-bond donors (Lipinski definition) is 1. The Bertz CT molecular complexity index is 1000. The molecular weight excluding hydrogens is 366 g/mol. The Balaban J connectivity index is 1.58. The standard InChI is InChI=1S/C19H21N3O2S2/c1-11-5-6-13-15(8-11)26-18-17(13)19(24)22(10-20-18)9-16(23)21-12(2)14-4-3-7-25-14/h3-4,7,10-12H,5-6,8-9H2,1-2H3,(H,21,23). The fraction of sp³-hybridized carbons (Fsp3) is 0.421. The summed E-state index contributed by atoms with van der Waals surface area (Å²) in [6.07, 6.45) is 4.56. The summed E-state index contributed by atoms with van der Waals surface area (Å²) in [6, 6.07) is 3.89. The summed E-state index contributed by atoms with van der Waals surface area (Å²) in [5, 5.41) is 5.66. The summed E-state index contributed by atoms with van der Waals surface area (Å²) in [5.74, 6) is 0.481. The van der Waals surface area contributed by atoms with Crippen molar-refractivity contribution in [2.24, 2.45) is 5.92 Å². The van der Waals surface area contributed by atoms with E-state index in [4.69, 9.17) is 0 Å². The van der Waals surface area contributed by atoms with Crippen LogP contribution in [0.1, 0.15) is 41.6 Å². The minimum atomic E-state index is -0.174. The number of aryl methyl sites for hydroxylation is 1. The lowest BCUT2D eigenvalue weighted by molar-refractivity contribution is -0.122. The number of hydrogen-bond acceptors (Lipinski definition) is 5. The Hall–Kier alpha value is -1.99. The average molecular weight is 388 g/mol. The van der Waals surface area contributed by atoms with Crippen molar-refractivity contribution in [3.8, 4) is 0 Å². The second kappa shape index (κ2) is 6.96. The SMILES string of the molecule is CC1CCc2c(sc3ncn(CC(=O)NC(C)c4cccs4)c(=O)c23)C1. The zero-order valence-electron chi connectivity index (χ0n) is 14.8. The molecule has 0 saturated carbocycles. The van der Waals surface area contributed by atoms with Gasteiger partial charge in [0, 0.05) is 9.75 Å². The van der Waals surface area contributed by atoms with E-state index in [9.17, 15) is 9.59 Å². The van der Waals surface area contributed by atoms with E-state index < -0.39 is 0 Å². The van der Waals surface area contributed by atoms with Crippen molar-refractivity contribution in [3.63, 3.8) is 0 Å². The van der Waals surface area contributed by atoms with Crippen LogP contribution in [0, 0.1) is 5.92 Å². The van der Waals surface area contributed by atoms with E-state index in [1.807, 2.05) is 24.4 Å². The molecule has 0 spiro atoms. The van der Waals surface area contributed by atoms with E-state index in [2.05, 4.69) is 17.2 Å². The highest BCUT2D eigenvalue weighted by atomic mass is 32.1. The maximum absolute atomic E-state index is 12.9. The van der Waals surface area contributed by atoms with Gasteiger partial charge in [-0.25, -0.2) is 4.98 Å². The highest BCUT2D eigenvalue weighted by Crippen LogP contribution is 2.35. The van der Waals surface area contributed by atoms with Crippen LogP contribution in [-0.4, -0.2) is 15.5 Å². The molecule has 26 heavy (non-hydrogen) atoms. The van der Waals surface area contributed by atoms with Gasteiger partial charge in [0.2, 0.25) is 5.91 Å². The fourth-order valence-electron chi connectivity index (χ4n) is 3.53. The molecule has 3 heterocycles. The highest BCUT2D eigenvalue weighted by Gasteiger charge is 2.23. The molecule has 4 rings (SSSR count). The molecule has 3 aromatic heterocycles. The largest absolute Gasteiger partial charge is 0.347 e. The van der Waals surface area contributed by atoms with Crippen molar-refractivity contribution >= 4 is 38.8 Å². The van der Waals surface area contributed by atoms with Gasteiger partial charge in [0.15, 0.2) is 0 Å². The van der Waals surface area contributed by atoms with E-state index in [0.717, 1.165) is 39.9 Å². The van der Waals surface area contributed by atoms with Gasteiger partial charge in [-0.2, -0.15) is 0 Å². The number of aromatic nitrogens is 2. The lowest BCUT2D eigenvalue weighted by Gasteiger charge is -2.17. The Morgan fingerprint density at radius 1 is 1.50 bits per heavy atom. The molecule has 136 valence electrons. The molecule has 1 aliphatic rings. The molecule has 1 amide bonds. The summed E-state index contributed by atoms with van der Waals surface area (Å²) in [7, 11) is 0. The average Bonchev–Trinajstić information content (AvgIpc) is 3.24. The quantitative estimate of drug-likeness (QED) is 0.745. The van der Waals surface area contributed by atoms with Crippen LogP contribution >= 0.6 is 22.7 Å². The second-order valence-corrected chi connectivity index (χ2v) is 9.08. The van der Waals surface area contributed by atoms with Gasteiger partial charge in [-0.05, 0) is 49.1 Å². The van der Waals surface area contributed by atoms with Crippen LogP contribution in [0.5, 0.6) is 0 Å². The number of fused-ring (bicyclic) bond motifs is 3. The van der Waals surface area contributed by atoms with Crippen molar-refractivity contribution in [2.45, 2.75) is 45.7 Å². The van der Waals surface area contributed by atoms with Crippen molar-refractivity contribution in [3.05, 3.63) is 49.5 Å². The lowest BCUT2D eigenvalue weighted by Crippen LogP contribution is -2.33. The zero-order chi connectivity index (χ0) is 18.3. The maximum Gasteiger partial charge on any atom is 0.262 e. The summed E-state index contributed by atoms with van der Waals surface area (Å²) in [6.45, 7) is 4.20. The first-order valence-electron chi connectivity index (χ1n) is 8.85. The van der Waals surface area contributed by atoms with Crippen LogP contribution < -0.4 is 10.9 Å². The normalized spacial score (nSPS) is 17.8. The number of thiophene rings is 2. The van der Waals surface area contributed by atoms with Gasteiger partial charge in [0.1, 0.15) is 11.4 Å². The lowest BCUT2D eigenvalue weighted by atomic mass is 9.89. The molecule has 1 aliphatic carbocycles. The van der Waals surface area contributed by atoms with E-state index >= 15 is 0 Å². The van der Waals surface area contributed by atoms with Crippen LogP contribution in [0.15, 0.2) is 28.6 Å². The molecule has 2 atom stereocenters. The molecule has 0 saturated heterocycles. The first-order chi connectivity index (χ1) is 12.5. The van der Waals surface area contributed by atoms with Crippen molar-refractivity contribution in [1.29, 1.82) is 0 Å². The van der Waals surface area contributed by atoms with Crippen LogP contribution in [-0.2, 0) is 24.2 Å². The van der Waals surface area contributed by atoms with E-state index in [0.29, 0.717) is 5.92 Å². The smallest absolute Gasteiger partial charge is 0.262 e. The Morgan fingerprint density at radius 2 is 2.35 bits per heavy atom. The van der Waals surface area contributed by atoms with Crippen LogP contribution in [0.4, 0.5) is 0 Å². The van der Waals surface area contributed by atoms with Crippen molar-refractivity contribution < 1.29 is 4.79 Å². The molecule has 0 aromatic carbocycles. The third-order valence-corrected chi connectivity index (χ3v) is 7.16. The summed E-state index contributed by atoms with van der Waals surface area (Å²) in [5.41, 5.74) is 1.06. The molecule has 0 aliphatic heterocycles. The molecular formula is C19H21N3O2S2. The molecule has 5 nitrogen and oxygen atoms in total. The monoisotopic (exact) mass is 387 g/mol. The molecule has 3 aromatic rings. The summed E-state index contributed by atoms with van der Waals surface area (Å²) < 4.78 is 1.43. The number of nitrogens with zero attached hydrogens (tertiary/aromatic N) is 2. The highest BCUT2D eigenvalue weighted by molar-refractivity contribution is 7.18. The van der Waals surface area contributed by atoms with Crippen LogP contribution in [0.2, 0.25) is 0 Å². The summed E-state index contributed by atoms with van der Waals surface area (Å²) in [4.78, 5) is 33.0. The number of nitrogens with one attached hydrogen (secondary N) is 1. The maximum atomic E-state index is 12.9. The van der Waals surface area contributed by atoms with Gasteiger partial charge < -0.3 is 5.32 Å². The Labute approximate surface area is 159 Å². The van der Waals surface area contributed by atoms with Crippen molar-refractivity contribution in [2.75, 3.05) is 0 Å². The number of rotatable bonds is 4. The van der Waals surface area contributed by atoms with Crippen LogP contribution in [0.25, 0.3) is 10.2 Å². The molecule has 2 unspecified atom stereocenters.